The van der Waals surface area contributed by atoms with Crippen LogP contribution in [0.4, 0.5) is 5.69 Å². The number of methoxy groups -OCH3 is 1. The van der Waals surface area contributed by atoms with Crippen molar-refractivity contribution >= 4 is 17.5 Å². The molecule has 22 heavy (non-hydrogen) atoms. The summed E-state index contributed by atoms with van der Waals surface area (Å²) in [6.45, 7) is 1.76. The molecule has 0 saturated heterocycles. The summed E-state index contributed by atoms with van der Waals surface area (Å²) in [4.78, 5) is 23.9. The Labute approximate surface area is 128 Å². The fourth-order valence-corrected chi connectivity index (χ4v) is 1.94. The van der Waals surface area contributed by atoms with E-state index in [4.69, 9.17) is 4.74 Å². The minimum Gasteiger partial charge on any atom is -0.479 e. The van der Waals surface area contributed by atoms with Crippen LogP contribution in [-0.2, 0) is 11.8 Å². The van der Waals surface area contributed by atoms with Gasteiger partial charge in [0, 0.05) is 18.9 Å². The summed E-state index contributed by atoms with van der Waals surface area (Å²) in [5.41, 5.74) is 1.96. The zero-order chi connectivity index (χ0) is 16.1. The zero-order valence-corrected chi connectivity index (χ0v) is 12.7. The molecule has 0 aliphatic heterocycles. The number of carbonyl (C=O) groups excluding carboxylic acids is 2. The Kier molecular flexibility index (Phi) is 4.77. The van der Waals surface area contributed by atoms with Gasteiger partial charge in [-0.15, -0.1) is 5.10 Å². The van der Waals surface area contributed by atoms with Crippen LogP contribution in [0, 0.1) is 6.92 Å². The topological polar surface area (TPSA) is 85.2 Å². The average Bonchev–Trinajstić information content (AvgIpc) is 2.88. The van der Waals surface area contributed by atoms with Crippen LogP contribution in [0.1, 0.15) is 15.9 Å². The molecule has 2 amide bonds. The maximum atomic E-state index is 12.0. The first-order valence-corrected chi connectivity index (χ1v) is 6.72. The molecule has 0 saturated carbocycles. The number of hydrogen-bond acceptors (Lipinski definition) is 4. The molecular weight excluding hydrogens is 284 g/mol. The SMILES string of the molecule is COc1nn(C)cc1C(=O)NCC(=O)Nc1ccccc1C. The summed E-state index contributed by atoms with van der Waals surface area (Å²) in [5.74, 6) is -0.491. The number of nitrogens with one attached hydrogen (secondary N) is 2. The molecule has 2 N–H and O–H groups in total. The molecule has 0 spiro atoms. The van der Waals surface area contributed by atoms with Gasteiger partial charge in [-0.1, -0.05) is 18.2 Å². The molecule has 1 aromatic heterocycles. The highest BCUT2D eigenvalue weighted by Gasteiger charge is 2.17. The van der Waals surface area contributed by atoms with Crippen molar-refractivity contribution in [2.24, 2.45) is 7.05 Å². The lowest BCUT2D eigenvalue weighted by molar-refractivity contribution is -0.115. The number of carbonyl (C=O) groups is 2. The summed E-state index contributed by atoms with van der Waals surface area (Å²) >= 11 is 0. The molecule has 1 aromatic carbocycles. The van der Waals surface area contributed by atoms with E-state index in [9.17, 15) is 9.59 Å². The molecule has 0 aliphatic carbocycles. The van der Waals surface area contributed by atoms with Gasteiger partial charge in [0.1, 0.15) is 5.56 Å². The van der Waals surface area contributed by atoms with E-state index >= 15 is 0 Å². The third kappa shape index (κ3) is 3.63. The lowest BCUT2D eigenvalue weighted by atomic mass is 10.2. The van der Waals surface area contributed by atoms with E-state index in [0.29, 0.717) is 0 Å². The third-order valence-electron chi connectivity index (χ3n) is 3.06. The van der Waals surface area contributed by atoms with Crippen LogP contribution in [0.25, 0.3) is 0 Å². The monoisotopic (exact) mass is 302 g/mol. The van der Waals surface area contributed by atoms with Crippen LogP contribution in [0.2, 0.25) is 0 Å². The van der Waals surface area contributed by atoms with Gasteiger partial charge in [-0.25, -0.2) is 0 Å². The van der Waals surface area contributed by atoms with Gasteiger partial charge < -0.3 is 15.4 Å². The minimum absolute atomic E-state index is 0.134. The minimum atomic E-state index is -0.412. The predicted molar refractivity (Wildman–Crippen MR) is 81.9 cm³/mol. The summed E-state index contributed by atoms with van der Waals surface area (Å²) in [7, 11) is 3.12. The van der Waals surface area contributed by atoms with Crippen molar-refractivity contribution in [1.29, 1.82) is 0 Å². The van der Waals surface area contributed by atoms with Gasteiger partial charge in [-0.2, -0.15) is 0 Å². The maximum Gasteiger partial charge on any atom is 0.258 e. The lowest BCUT2D eigenvalue weighted by Crippen LogP contribution is -2.33. The predicted octanol–water partition coefficient (Wildman–Crippen LogP) is 1.11. The molecule has 0 bridgehead atoms. The number of aryl methyl sites for hydroxylation is 2. The number of ether oxygens (including phenoxy) is 1. The van der Waals surface area contributed by atoms with E-state index in [1.54, 1.807) is 13.1 Å². The normalized spacial score (nSPS) is 10.1. The first-order chi connectivity index (χ1) is 10.5. The van der Waals surface area contributed by atoms with Gasteiger partial charge in [-0.05, 0) is 18.6 Å². The van der Waals surface area contributed by atoms with E-state index in [1.165, 1.54) is 18.0 Å². The van der Waals surface area contributed by atoms with Crippen molar-refractivity contribution < 1.29 is 14.3 Å². The van der Waals surface area contributed by atoms with E-state index in [0.717, 1.165) is 11.3 Å². The first-order valence-electron chi connectivity index (χ1n) is 6.72. The number of rotatable bonds is 5. The Morgan fingerprint density at radius 2 is 2.05 bits per heavy atom. The van der Waals surface area contributed by atoms with Crippen molar-refractivity contribution in [3.05, 3.63) is 41.6 Å². The molecule has 0 aliphatic rings. The Morgan fingerprint density at radius 3 is 2.73 bits per heavy atom. The largest absolute Gasteiger partial charge is 0.479 e. The number of benzene rings is 1. The highest BCUT2D eigenvalue weighted by Crippen LogP contribution is 2.14. The number of para-hydroxylation sites is 1. The van der Waals surface area contributed by atoms with Gasteiger partial charge in [0.2, 0.25) is 11.8 Å². The second-order valence-corrected chi connectivity index (χ2v) is 4.77. The molecule has 2 aromatic rings. The molecule has 7 heteroatoms. The molecule has 0 unspecified atom stereocenters. The van der Waals surface area contributed by atoms with E-state index in [1.807, 2.05) is 25.1 Å². The van der Waals surface area contributed by atoms with E-state index < -0.39 is 5.91 Å². The summed E-state index contributed by atoms with van der Waals surface area (Å²) in [6.07, 6.45) is 1.54. The first kappa shape index (κ1) is 15.6. The molecule has 0 radical (unpaired) electrons. The van der Waals surface area contributed by atoms with Crippen molar-refractivity contribution in [2.45, 2.75) is 6.92 Å². The van der Waals surface area contributed by atoms with Gasteiger partial charge in [-0.3, -0.25) is 14.3 Å². The molecule has 116 valence electrons. The second kappa shape index (κ2) is 6.75. The summed E-state index contributed by atoms with van der Waals surface area (Å²) in [6, 6.07) is 7.43. The molecular formula is C15H18N4O3. The van der Waals surface area contributed by atoms with E-state index in [2.05, 4.69) is 15.7 Å². The summed E-state index contributed by atoms with van der Waals surface area (Å²) in [5, 5.41) is 9.28. The number of aromatic nitrogens is 2. The lowest BCUT2D eigenvalue weighted by Gasteiger charge is -2.08. The zero-order valence-electron chi connectivity index (χ0n) is 12.7. The summed E-state index contributed by atoms with van der Waals surface area (Å²) < 4.78 is 6.49. The Balaban J connectivity index is 1.93. The Hall–Kier alpha value is -2.83. The smallest absolute Gasteiger partial charge is 0.258 e. The van der Waals surface area contributed by atoms with Crippen molar-refractivity contribution in [3.8, 4) is 5.88 Å². The van der Waals surface area contributed by atoms with E-state index in [-0.39, 0.29) is 23.9 Å². The fraction of sp³-hybridized carbons (Fsp3) is 0.267. The van der Waals surface area contributed by atoms with Crippen molar-refractivity contribution in [2.75, 3.05) is 19.0 Å². The van der Waals surface area contributed by atoms with Gasteiger partial charge in [0.25, 0.3) is 5.91 Å². The van der Waals surface area contributed by atoms with Crippen molar-refractivity contribution in [1.82, 2.24) is 15.1 Å². The molecule has 7 nitrogen and oxygen atoms in total. The van der Waals surface area contributed by atoms with Crippen LogP contribution >= 0.6 is 0 Å². The standard InChI is InChI=1S/C15H18N4O3/c1-10-6-4-5-7-12(10)17-13(20)8-16-14(21)11-9-19(2)18-15(11)22-3/h4-7,9H,8H2,1-3H3,(H,16,21)(H,17,20). The van der Waals surface area contributed by atoms with Crippen LogP contribution in [-0.4, -0.2) is 35.2 Å². The van der Waals surface area contributed by atoms with Crippen LogP contribution in [0.15, 0.2) is 30.5 Å². The highest BCUT2D eigenvalue weighted by atomic mass is 16.5. The highest BCUT2D eigenvalue weighted by molar-refractivity contribution is 6.00. The van der Waals surface area contributed by atoms with Gasteiger partial charge >= 0.3 is 0 Å². The number of nitrogens with zero attached hydrogens (tertiary/aromatic N) is 2. The molecule has 0 atom stereocenters. The molecule has 1 heterocycles. The van der Waals surface area contributed by atoms with Crippen LogP contribution < -0.4 is 15.4 Å². The van der Waals surface area contributed by atoms with Gasteiger partial charge in [0.05, 0.1) is 13.7 Å². The number of amides is 2. The van der Waals surface area contributed by atoms with Crippen LogP contribution in [0.5, 0.6) is 5.88 Å². The fourth-order valence-electron chi connectivity index (χ4n) is 1.94. The average molecular weight is 302 g/mol. The number of anilines is 1. The Morgan fingerprint density at radius 1 is 1.32 bits per heavy atom. The molecule has 0 fully saturated rings. The van der Waals surface area contributed by atoms with Gasteiger partial charge in [0.15, 0.2) is 0 Å². The van der Waals surface area contributed by atoms with Crippen LogP contribution in [0.3, 0.4) is 0 Å². The molecule has 2 rings (SSSR count). The Bertz CT molecular complexity index is 694. The van der Waals surface area contributed by atoms with Crippen molar-refractivity contribution in [3.63, 3.8) is 0 Å². The quantitative estimate of drug-likeness (QED) is 0.866. The third-order valence-corrected chi connectivity index (χ3v) is 3.06. The number of hydrogen-bond donors (Lipinski definition) is 2. The second-order valence-electron chi connectivity index (χ2n) is 4.77. The maximum absolute atomic E-state index is 12.0.